The molecule has 1 aromatic rings. The number of piperidine rings is 1. The number of hydrogen-bond donors (Lipinski definition) is 1. The first-order valence-electron chi connectivity index (χ1n) is 6.61. The summed E-state index contributed by atoms with van der Waals surface area (Å²) in [4.78, 5) is 37.4. The molecule has 1 fully saturated rings. The summed E-state index contributed by atoms with van der Waals surface area (Å²) in [5.74, 6) is -1.26. The van der Waals surface area contributed by atoms with Crippen LogP contribution >= 0.6 is 11.3 Å². The molecular weight excluding hydrogens is 280 g/mol. The first-order valence-corrected chi connectivity index (χ1v) is 7.42. The summed E-state index contributed by atoms with van der Waals surface area (Å²) in [7, 11) is 0. The van der Waals surface area contributed by atoms with Crippen molar-refractivity contribution in [1.82, 2.24) is 9.47 Å². The van der Waals surface area contributed by atoms with E-state index in [0.29, 0.717) is 13.0 Å². The number of carboxylic acids is 1. The highest BCUT2D eigenvalue weighted by atomic mass is 32.1. The Labute approximate surface area is 120 Å². The van der Waals surface area contributed by atoms with Crippen molar-refractivity contribution in [1.29, 1.82) is 0 Å². The minimum absolute atomic E-state index is 0.0706. The summed E-state index contributed by atoms with van der Waals surface area (Å²) in [6, 6.07) is -0.757. The van der Waals surface area contributed by atoms with Crippen LogP contribution in [-0.2, 0) is 16.1 Å². The Morgan fingerprint density at radius 2 is 2.05 bits per heavy atom. The van der Waals surface area contributed by atoms with Gasteiger partial charge in [-0.2, -0.15) is 0 Å². The van der Waals surface area contributed by atoms with E-state index in [-0.39, 0.29) is 17.3 Å². The molecule has 1 N–H and O–H groups in total. The Kier molecular flexibility index (Phi) is 4.27. The van der Waals surface area contributed by atoms with Crippen molar-refractivity contribution >= 4 is 23.2 Å². The van der Waals surface area contributed by atoms with E-state index in [2.05, 4.69) is 0 Å². The second kappa shape index (κ2) is 5.78. The predicted molar refractivity (Wildman–Crippen MR) is 75.0 cm³/mol. The Bertz CT molecular complexity index is 590. The second-order valence-corrected chi connectivity index (χ2v) is 6.20. The van der Waals surface area contributed by atoms with Gasteiger partial charge in [0.2, 0.25) is 5.91 Å². The van der Waals surface area contributed by atoms with E-state index in [1.807, 2.05) is 6.92 Å². The lowest BCUT2D eigenvalue weighted by molar-refractivity contribution is -0.152. The molecule has 1 aromatic heterocycles. The second-order valence-electron chi connectivity index (χ2n) is 5.03. The Morgan fingerprint density at radius 3 is 2.60 bits per heavy atom. The smallest absolute Gasteiger partial charge is 0.326 e. The molecule has 2 rings (SSSR count). The van der Waals surface area contributed by atoms with Crippen LogP contribution in [0, 0.1) is 13.8 Å². The topological polar surface area (TPSA) is 79.6 Å². The van der Waals surface area contributed by atoms with Crippen LogP contribution < -0.4 is 4.87 Å². The highest BCUT2D eigenvalue weighted by Crippen LogP contribution is 2.18. The van der Waals surface area contributed by atoms with Crippen LogP contribution in [0.25, 0.3) is 0 Å². The standard InChI is InChI=1S/C13H18N2O4S/c1-8-9(2)20-13(19)15(8)7-11(16)14-6-4-3-5-10(14)12(17)18/h10H,3-7H2,1-2H3,(H,17,18). The van der Waals surface area contributed by atoms with Gasteiger partial charge in [0.25, 0.3) is 0 Å². The number of carbonyl (C=O) groups is 2. The fourth-order valence-electron chi connectivity index (χ4n) is 2.48. The number of carbonyl (C=O) groups excluding carboxylic acids is 1. The zero-order valence-corrected chi connectivity index (χ0v) is 12.4. The van der Waals surface area contributed by atoms with E-state index >= 15 is 0 Å². The summed E-state index contributed by atoms with van der Waals surface area (Å²) in [6.07, 6.45) is 2.11. The SMILES string of the molecule is Cc1sc(=O)n(CC(=O)N2CCCCC2C(=O)O)c1C. The number of rotatable bonds is 3. The van der Waals surface area contributed by atoms with Gasteiger partial charge in [-0.25, -0.2) is 4.79 Å². The summed E-state index contributed by atoms with van der Waals surface area (Å²) in [6.45, 7) is 4.01. The zero-order chi connectivity index (χ0) is 14.9. The number of hydrogen-bond acceptors (Lipinski definition) is 4. The number of likely N-dealkylation sites (tertiary alicyclic amines) is 1. The van der Waals surface area contributed by atoms with Crippen molar-refractivity contribution in [2.75, 3.05) is 6.54 Å². The number of aryl methyl sites for hydroxylation is 1. The molecule has 0 aromatic carbocycles. The molecule has 110 valence electrons. The first kappa shape index (κ1) is 14.8. The van der Waals surface area contributed by atoms with Gasteiger partial charge in [0.15, 0.2) is 0 Å². The number of nitrogens with zero attached hydrogens (tertiary/aromatic N) is 2. The maximum atomic E-state index is 12.3. The maximum Gasteiger partial charge on any atom is 0.326 e. The third-order valence-corrected chi connectivity index (χ3v) is 4.77. The molecule has 1 aliphatic rings. The lowest BCUT2D eigenvalue weighted by atomic mass is 10.0. The lowest BCUT2D eigenvalue weighted by Gasteiger charge is -2.33. The van der Waals surface area contributed by atoms with E-state index in [9.17, 15) is 19.5 Å². The first-order chi connectivity index (χ1) is 9.41. The van der Waals surface area contributed by atoms with E-state index in [0.717, 1.165) is 34.7 Å². The number of aromatic nitrogens is 1. The minimum Gasteiger partial charge on any atom is -0.480 e. The van der Waals surface area contributed by atoms with Crippen LogP contribution in [0.3, 0.4) is 0 Å². The molecule has 6 nitrogen and oxygen atoms in total. The molecule has 1 atom stereocenters. The van der Waals surface area contributed by atoms with Crippen molar-refractivity contribution in [3.05, 3.63) is 20.2 Å². The van der Waals surface area contributed by atoms with Crippen molar-refractivity contribution in [3.8, 4) is 0 Å². The summed E-state index contributed by atoms with van der Waals surface area (Å²) < 4.78 is 1.43. The van der Waals surface area contributed by atoms with Crippen LogP contribution in [0.4, 0.5) is 0 Å². The Hall–Kier alpha value is -1.63. The number of amides is 1. The number of thiazole rings is 1. The van der Waals surface area contributed by atoms with Crippen LogP contribution in [0.1, 0.15) is 29.8 Å². The normalized spacial score (nSPS) is 19.1. The van der Waals surface area contributed by atoms with E-state index in [1.165, 1.54) is 9.47 Å². The molecular formula is C13H18N2O4S. The van der Waals surface area contributed by atoms with Gasteiger partial charge in [0, 0.05) is 17.1 Å². The average Bonchev–Trinajstić information content (AvgIpc) is 2.65. The third kappa shape index (κ3) is 2.77. The van der Waals surface area contributed by atoms with Gasteiger partial charge in [-0.3, -0.25) is 14.2 Å². The summed E-state index contributed by atoms with van der Waals surface area (Å²) >= 11 is 1.11. The number of aliphatic carboxylic acids is 1. The van der Waals surface area contributed by atoms with Gasteiger partial charge < -0.3 is 10.0 Å². The fourth-order valence-corrected chi connectivity index (χ4v) is 3.31. The molecule has 0 saturated carbocycles. The summed E-state index contributed by atoms with van der Waals surface area (Å²) in [5, 5.41) is 9.18. The van der Waals surface area contributed by atoms with E-state index in [1.54, 1.807) is 6.92 Å². The Morgan fingerprint density at radius 1 is 1.35 bits per heavy atom. The third-order valence-electron chi connectivity index (χ3n) is 3.78. The zero-order valence-electron chi connectivity index (χ0n) is 11.6. The quantitative estimate of drug-likeness (QED) is 0.902. The van der Waals surface area contributed by atoms with Crippen molar-refractivity contribution < 1.29 is 14.7 Å². The molecule has 1 amide bonds. The lowest BCUT2D eigenvalue weighted by Crippen LogP contribution is -2.49. The summed E-state index contributed by atoms with van der Waals surface area (Å²) in [5.41, 5.74) is 0.775. The molecule has 0 radical (unpaired) electrons. The largest absolute Gasteiger partial charge is 0.480 e. The number of carboxylic acid groups (broad SMARTS) is 1. The molecule has 0 spiro atoms. The van der Waals surface area contributed by atoms with Gasteiger partial charge >= 0.3 is 10.8 Å². The predicted octanol–water partition coefficient (Wildman–Crippen LogP) is 0.992. The minimum atomic E-state index is -0.969. The van der Waals surface area contributed by atoms with Crippen LogP contribution in [0.15, 0.2) is 4.79 Å². The molecule has 0 aliphatic carbocycles. The van der Waals surface area contributed by atoms with Gasteiger partial charge in [-0.15, -0.1) is 0 Å². The van der Waals surface area contributed by atoms with Gasteiger partial charge in [-0.1, -0.05) is 11.3 Å². The Balaban J connectivity index is 2.18. The van der Waals surface area contributed by atoms with Crippen LogP contribution in [-0.4, -0.2) is 39.0 Å². The maximum absolute atomic E-state index is 12.3. The van der Waals surface area contributed by atoms with Gasteiger partial charge in [-0.05, 0) is 33.1 Å². The fraction of sp³-hybridized carbons (Fsp3) is 0.615. The van der Waals surface area contributed by atoms with Crippen molar-refractivity contribution in [2.24, 2.45) is 0 Å². The van der Waals surface area contributed by atoms with Gasteiger partial charge in [0.05, 0.1) is 0 Å². The highest BCUT2D eigenvalue weighted by molar-refractivity contribution is 7.09. The van der Waals surface area contributed by atoms with Crippen molar-refractivity contribution in [2.45, 2.75) is 45.7 Å². The van der Waals surface area contributed by atoms with Crippen LogP contribution in [0.2, 0.25) is 0 Å². The molecule has 1 saturated heterocycles. The molecule has 0 bridgehead atoms. The molecule has 20 heavy (non-hydrogen) atoms. The highest BCUT2D eigenvalue weighted by Gasteiger charge is 2.32. The van der Waals surface area contributed by atoms with E-state index in [4.69, 9.17) is 0 Å². The van der Waals surface area contributed by atoms with Gasteiger partial charge in [0.1, 0.15) is 12.6 Å². The molecule has 7 heteroatoms. The molecule has 2 heterocycles. The average molecular weight is 298 g/mol. The molecule has 1 aliphatic heterocycles. The van der Waals surface area contributed by atoms with E-state index < -0.39 is 12.0 Å². The monoisotopic (exact) mass is 298 g/mol. The van der Waals surface area contributed by atoms with Crippen molar-refractivity contribution in [3.63, 3.8) is 0 Å². The van der Waals surface area contributed by atoms with Crippen LogP contribution in [0.5, 0.6) is 0 Å². The molecule has 1 unspecified atom stereocenters.